The van der Waals surface area contributed by atoms with E-state index in [1.165, 1.54) is 4.88 Å². The SMILES string of the molecule is CC(NCCCCCO)c1cccs1. The topological polar surface area (TPSA) is 32.3 Å². The molecule has 0 saturated heterocycles. The predicted molar refractivity (Wildman–Crippen MR) is 61.7 cm³/mol. The first-order chi connectivity index (χ1) is 6.84. The maximum atomic E-state index is 8.61. The van der Waals surface area contributed by atoms with Crippen LogP contribution >= 0.6 is 11.3 Å². The third-order valence-electron chi connectivity index (χ3n) is 2.26. The molecule has 2 nitrogen and oxygen atoms in total. The van der Waals surface area contributed by atoms with E-state index in [9.17, 15) is 0 Å². The molecule has 1 aromatic rings. The van der Waals surface area contributed by atoms with Gasteiger partial charge < -0.3 is 10.4 Å². The van der Waals surface area contributed by atoms with Gasteiger partial charge in [-0.05, 0) is 44.2 Å². The van der Waals surface area contributed by atoms with Gasteiger partial charge in [-0.2, -0.15) is 0 Å². The van der Waals surface area contributed by atoms with Crippen molar-refractivity contribution in [1.29, 1.82) is 0 Å². The number of unbranched alkanes of at least 4 members (excludes halogenated alkanes) is 2. The Morgan fingerprint density at radius 1 is 1.43 bits per heavy atom. The van der Waals surface area contributed by atoms with E-state index in [1.807, 2.05) is 0 Å². The highest BCUT2D eigenvalue weighted by Crippen LogP contribution is 2.17. The van der Waals surface area contributed by atoms with Crippen LogP contribution in [-0.4, -0.2) is 18.3 Å². The fraction of sp³-hybridized carbons (Fsp3) is 0.636. The van der Waals surface area contributed by atoms with E-state index in [0.717, 1.165) is 25.8 Å². The van der Waals surface area contributed by atoms with E-state index in [-0.39, 0.29) is 0 Å². The summed E-state index contributed by atoms with van der Waals surface area (Å²) in [5.74, 6) is 0. The van der Waals surface area contributed by atoms with Crippen molar-refractivity contribution in [3.05, 3.63) is 22.4 Å². The predicted octanol–water partition coefficient (Wildman–Crippen LogP) is 2.56. The summed E-state index contributed by atoms with van der Waals surface area (Å²) in [5.41, 5.74) is 0. The summed E-state index contributed by atoms with van der Waals surface area (Å²) in [6, 6.07) is 4.71. The van der Waals surface area contributed by atoms with Crippen molar-refractivity contribution < 1.29 is 5.11 Å². The molecule has 2 N–H and O–H groups in total. The highest BCUT2D eigenvalue weighted by molar-refractivity contribution is 7.10. The maximum Gasteiger partial charge on any atom is 0.0431 e. The Hall–Kier alpha value is -0.380. The minimum atomic E-state index is 0.320. The molecule has 1 unspecified atom stereocenters. The number of nitrogens with one attached hydrogen (secondary N) is 1. The molecule has 0 aliphatic carbocycles. The van der Waals surface area contributed by atoms with Crippen molar-refractivity contribution in [3.8, 4) is 0 Å². The first kappa shape index (κ1) is 11.7. The standard InChI is InChI=1S/C11H19NOS/c1-10(11-6-5-9-14-11)12-7-3-2-4-8-13/h5-6,9-10,12-13H,2-4,7-8H2,1H3. The number of hydrogen-bond donors (Lipinski definition) is 2. The summed E-state index contributed by atoms with van der Waals surface area (Å²) in [7, 11) is 0. The van der Waals surface area contributed by atoms with Crippen LogP contribution in [0.2, 0.25) is 0 Å². The summed E-state index contributed by atoms with van der Waals surface area (Å²) in [4.78, 5) is 1.40. The molecule has 0 saturated carbocycles. The third-order valence-corrected chi connectivity index (χ3v) is 3.31. The van der Waals surface area contributed by atoms with Crippen LogP contribution in [0.5, 0.6) is 0 Å². The summed E-state index contributed by atoms with van der Waals surface area (Å²) < 4.78 is 0. The average Bonchev–Trinajstić information content (AvgIpc) is 2.70. The van der Waals surface area contributed by atoms with Crippen LogP contribution in [0, 0.1) is 0 Å². The van der Waals surface area contributed by atoms with Crippen LogP contribution in [0.4, 0.5) is 0 Å². The molecule has 1 rings (SSSR count). The third kappa shape index (κ3) is 4.22. The zero-order valence-corrected chi connectivity index (χ0v) is 9.52. The minimum Gasteiger partial charge on any atom is -0.396 e. The van der Waals surface area contributed by atoms with Crippen LogP contribution in [0.15, 0.2) is 17.5 Å². The molecular formula is C11H19NOS. The zero-order chi connectivity index (χ0) is 10.2. The second kappa shape index (κ2) is 6.98. The first-order valence-corrected chi connectivity index (χ1v) is 6.10. The number of hydrogen-bond acceptors (Lipinski definition) is 3. The van der Waals surface area contributed by atoms with E-state index < -0.39 is 0 Å². The lowest BCUT2D eigenvalue weighted by Gasteiger charge is -2.11. The Bertz CT molecular complexity index is 223. The van der Waals surface area contributed by atoms with Gasteiger partial charge in [-0.25, -0.2) is 0 Å². The molecule has 0 aliphatic heterocycles. The molecule has 0 fully saturated rings. The summed E-state index contributed by atoms with van der Waals surface area (Å²) in [5, 5.41) is 14.2. The fourth-order valence-corrected chi connectivity index (χ4v) is 2.13. The quantitative estimate of drug-likeness (QED) is 0.682. The van der Waals surface area contributed by atoms with Crippen LogP contribution in [0.25, 0.3) is 0 Å². The first-order valence-electron chi connectivity index (χ1n) is 5.22. The molecule has 0 aliphatic rings. The van der Waals surface area contributed by atoms with Gasteiger partial charge >= 0.3 is 0 Å². The smallest absolute Gasteiger partial charge is 0.0431 e. The second-order valence-corrected chi connectivity index (χ2v) is 4.45. The number of rotatable bonds is 7. The zero-order valence-electron chi connectivity index (χ0n) is 8.70. The minimum absolute atomic E-state index is 0.320. The van der Waals surface area contributed by atoms with E-state index in [2.05, 4.69) is 29.8 Å². The highest BCUT2D eigenvalue weighted by Gasteiger charge is 2.03. The van der Waals surface area contributed by atoms with Crippen molar-refractivity contribution >= 4 is 11.3 Å². The Morgan fingerprint density at radius 2 is 2.29 bits per heavy atom. The van der Waals surface area contributed by atoms with Gasteiger partial charge in [0.1, 0.15) is 0 Å². The largest absolute Gasteiger partial charge is 0.396 e. The maximum absolute atomic E-state index is 8.61. The van der Waals surface area contributed by atoms with Crippen LogP contribution in [0.1, 0.15) is 37.1 Å². The monoisotopic (exact) mass is 213 g/mol. The van der Waals surface area contributed by atoms with Crippen molar-refractivity contribution in [2.24, 2.45) is 0 Å². The van der Waals surface area contributed by atoms with Crippen molar-refractivity contribution in [3.63, 3.8) is 0 Å². The van der Waals surface area contributed by atoms with Crippen LogP contribution in [0.3, 0.4) is 0 Å². The molecule has 0 bridgehead atoms. The molecular weight excluding hydrogens is 194 g/mol. The Labute approximate surface area is 90.0 Å². The Morgan fingerprint density at radius 3 is 2.93 bits per heavy atom. The number of aliphatic hydroxyl groups excluding tert-OH is 1. The van der Waals surface area contributed by atoms with Gasteiger partial charge in [-0.15, -0.1) is 11.3 Å². The molecule has 1 heterocycles. The molecule has 14 heavy (non-hydrogen) atoms. The van der Waals surface area contributed by atoms with E-state index in [1.54, 1.807) is 11.3 Å². The number of aliphatic hydroxyl groups is 1. The number of thiophene rings is 1. The van der Waals surface area contributed by atoms with Gasteiger partial charge in [-0.3, -0.25) is 0 Å². The molecule has 0 spiro atoms. The van der Waals surface area contributed by atoms with Gasteiger partial charge in [0.25, 0.3) is 0 Å². The summed E-state index contributed by atoms with van der Waals surface area (Å²) in [6.45, 7) is 3.55. The second-order valence-electron chi connectivity index (χ2n) is 3.48. The molecule has 0 aromatic carbocycles. The molecule has 0 radical (unpaired) electrons. The Kier molecular flexibility index (Phi) is 5.83. The fourth-order valence-electron chi connectivity index (χ4n) is 1.37. The van der Waals surface area contributed by atoms with Gasteiger partial charge in [0.05, 0.1) is 0 Å². The molecule has 1 aromatic heterocycles. The van der Waals surface area contributed by atoms with Gasteiger partial charge in [-0.1, -0.05) is 6.07 Å². The normalized spacial score (nSPS) is 13.0. The summed E-state index contributed by atoms with van der Waals surface area (Å²) in [6.07, 6.45) is 3.19. The summed E-state index contributed by atoms with van der Waals surface area (Å²) >= 11 is 1.80. The van der Waals surface area contributed by atoms with Crippen molar-refractivity contribution in [2.75, 3.05) is 13.2 Å². The van der Waals surface area contributed by atoms with Gasteiger partial charge in [0.2, 0.25) is 0 Å². The van der Waals surface area contributed by atoms with Crippen molar-refractivity contribution in [1.82, 2.24) is 5.32 Å². The average molecular weight is 213 g/mol. The molecule has 1 atom stereocenters. The Balaban J connectivity index is 2.07. The molecule has 0 amide bonds. The lowest BCUT2D eigenvalue weighted by atomic mass is 10.2. The van der Waals surface area contributed by atoms with Gasteiger partial charge in [0, 0.05) is 17.5 Å². The molecule has 80 valence electrons. The lowest BCUT2D eigenvalue weighted by Crippen LogP contribution is -2.18. The van der Waals surface area contributed by atoms with Crippen molar-refractivity contribution in [2.45, 2.75) is 32.2 Å². The van der Waals surface area contributed by atoms with E-state index >= 15 is 0 Å². The molecule has 3 heteroatoms. The highest BCUT2D eigenvalue weighted by atomic mass is 32.1. The van der Waals surface area contributed by atoms with Gasteiger partial charge in [0.15, 0.2) is 0 Å². The van der Waals surface area contributed by atoms with E-state index in [0.29, 0.717) is 12.6 Å². The van der Waals surface area contributed by atoms with Crippen LogP contribution in [-0.2, 0) is 0 Å². The van der Waals surface area contributed by atoms with Crippen LogP contribution < -0.4 is 5.32 Å². The van der Waals surface area contributed by atoms with E-state index in [4.69, 9.17) is 5.11 Å². The lowest BCUT2D eigenvalue weighted by molar-refractivity contribution is 0.282.